The van der Waals surface area contributed by atoms with E-state index in [2.05, 4.69) is 0 Å². The van der Waals surface area contributed by atoms with Crippen molar-refractivity contribution in [3.05, 3.63) is 17.0 Å². The van der Waals surface area contributed by atoms with Gasteiger partial charge in [-0.3, -0.25) is 9.59 Å². The Morgan fingerprint density at radius 1 is 1.53 bits per heavy atom. The Labute approximate surface area is 103 Å². The highest BCUT2D eigenvalue weighted by atomic mass is 32.1. The van der Waals surface area contributed by atoms with Gasteiger partial charge in [0.15, 0.2) is 5.41 Å². The largest absolute Gasteiger partial charge is 0.480 e. The van der Waals surface area contributed by atoms with E-state index in [1.807, 2.05) is 18.4 Å². The molecule has 92 valence electrons. The molecule has 0 spiro atoms. The minimum Gasteiger partial charge on any atom is -0.480 e. The van der Waals surface area contributed by atoms with Crippen LogP contribution in [0.15, 0.2) is 11.4 Å². The average molecular weight is 255 g/mol. The number of anilines is 1. The van der Waals surface area contributed by atoms with Crippen LogP contribution in [0.2, 0.25) is 0 Å². The number of aryl methyl sites for hydroxylation is 1. The van der Waals surface area contributed by atoms with Gasteiger partial charge in [0, 0.05) is 7.05 Å². The van der Waals surface area contributed by atoms with Crippen molar-refractivity contribution < 1.29 is 19.4 Å². The quantitative estimate of drug-likeness (QED) is 0.822. The van der Waals surface area contributed by atoms with Crippen molar-refractivity contribution in [1.29, 1.82) is 0 Å². The van der Waals surface area contributed by atoms with Crippen molar-refractivity contribution in [3.8, 4) is 0 Å². The number of rotatable bonds is 3. The van der Waals surface area contributed by atoms with Crippen molar-refractivity contribution in [2.75, 3.05) is 25.2 Å². The highest BCUT2D eigenvalue weighted by Crippen LogP contribution is 2.34. The van der Waals surface area contributed by atoms with E-state index in [0.29, 0.717) is 0 Å². The van der Waals surface area contributed by atoms with Gasteiger partial charge < -0.3 is 14.7 Å². The number of hydrogen-bond donors (Lipinski definition) is 1. The minimum atomic E-state index is -1.40. The molecule has 1 aliphatic heterocycles. The first-order valence-corrected chi connectivity index (χ1v) is 6.00. The van der Waals surface area contributed by atoms with Gasteiger partial charge in [0.05, 0.1) is 13.2 Å². The van der Waals surface area contributed by atoms with Crippen LogP contribution in [0.3, 0.4) is 0 Å². The van der Waals surface area contributed by atoms with Gasteiger partial charge in [-0.1, -0.05) is 0 Å². The zero-order chi connectivity index (χ0) is 12.6. The molecule has 1 N–H and O–H groups in total. The molecular formula is C11H13NO4S. The lowest BCUT2D eigenvalue weighted by molar-refractivity contribution is -0.183. The van der Waals surface area contributed by atoms with Crippen LogP contribution in [-0.2, 0) is 14.3 Å². The first kappa shape index (κ1) is 12.1. The third-order valence-electron chi connectivity index (χ3n) is 2.96. The molecule has 5 nitrogen and oxygen atoms in total. The SMILES string of the molecule is Cc1ccsc1N(C)C(=O)C1(C(=O)O)COC1. The Morgan fingerprint density at radius 2 is 2.18 bits per heavy atom. The van der Waals surface area contributed by atoms with Gasteiger partial charge in [-0.2, -0.15) is 0 Å². The zero-order valence-corrected chi connectivity index (χ0v) is 10.4. The average Bonchev–Trinajstić information content (AvgIpc) is 2.60. The summed E-state index contributed by atoms with van der Waals surface area (Å²) in [4.78, 5) is 24.8. The fraction of sp³-hybridized carbons (Fsp3) is 0.455. The van der Waals surface area contributed by atoms with E-state index in [4.69, 9.17) is 9.84 Å². The van der Waals surface area contributed by atoms with Crippen LogP contribution in [0.4, 0.5) is 5.00 Å². The van der Waals surface area contributed by atoms with Crippen molar-refractivity contribution in [2.24, 2.45) is 5.41 Å². The third kappa shape index (κ3) is 1.73. The molecule has 0 bridgehead atoms. The normalized spacial score (nSPS) is 17.3. The van der Waals surface area contributed by atoms with Gasteiger partial charge in [0.2, 0.25) is 5.91 Å². The van der Waals surface area contributed by atoms with Crippen LogP contribution in [-0.4, -0.2) is 37.2 Å². The summed E-state index contributed by atoms with van der Waals surface area (Å²) in [5, 5.41) is 11.8. The second-order valence-electron chi connectivity index (χ2n) is 4.15. The Kier molecular flexibility index (Phi) is 2.92. The molecule has 1 aromatic rings. The maximum atomic E-state index is 12.2. The Hall–Kier alpha value is -1.40. The number of ether oxygens (including phenoxy) is 1. The minimum absolute atomic E-state index is 0.0457. The molecule has 2 rings (SSSR count). The fourth-order valence-electron chi connectivity index (χ4n) is 1.77. The molecule has 17 heavy (non-hydrogen) atoms. The molecule has 1 amide bonds. The molecule has 0 radical (unpaired) electrons. The maximum absolute atomic E-state index is 12.2. The summed E-state index contributed by atoms with van der Waals surface area (Å²) >= 11 is 1.42. The smallest absolute Gasteiger partial charge is 0.324 e. The van der Waals surface area contributed by atoms with Crippen molar-refractivity contribution in [3.63, 3.8) is 0 Å². The lowest BCUT2D eigenvalue weighted by Crippen LogP contribution is -2.59. The maximum Gasteiger partial charge on any atom is 0.324 e. The second kappa shape index (κ2) is 4.12. The van der Waals surface area contributed by atoms with Gasteiger partial charge >= 0.3 is 5.97 Å². The van der Waals surface area contributed by atoms with E-state index < -0.39 is 17.3 Å². The second-order valence-corrected chi connectivity index (χ2v) is 5.05. The predicted octanol–water partition coefficient (Wildman–Crippen LogP) is 1.12. The van der Waals surface area contributed by atoms with Crippen LogP contribution < -0.4 is 4.90 Å². The molecule has 0 atom stereocenters. The monoisotopic (exact) mass is 255 g/mol. The molecule has 6 heteroatoms. The van der Waals surface area contributed by atoms with Crippen molar-refractivity contribution in [1.82, 2.24) is 0 Å². The summed E-state index contributed by atoms with van der Waals surface area (Å²) in [5.74, 6) is -1.53. The van der Waals surface area contributed by atoms with Crippen LogP contribution in [0.5, 0.6) is 0 Å². The number of aliphatic carboxylic acids is 1. The molecule has 1 saturated heterocycles. The number of thiophene rings is 1. The summed E-state index contributed by atoms with van der Waals surface area (Å²) in [7, 11) is 1.60. The van der Waals surface area contributed by atoms with E-state index in [9.17, 15) is 9.59 Å². The highest BCUT2D eigenvalue weighted by Gasteiger charge is 2.54. The summed E-state index contributed by atoms with van der Waals surface area (Å²) < 4.78 is 4.89. The standard InChI is InChI=1S/C11H13NO4S/c1-7-3-4-17-8(7)12(2)9(13)11(10(14)15)5-16-6-11/h3-4H,5-6H2,1-2H3,(H,14,15). The fourth-order valence-corrected chi connectivity index (χ4v) is 2.66. The third-order valence-corrected chi connectivity index (χ3v) is 4.05. The van der Waals surface area contributed by atoms with Gasteiger partial charge in [-0.05, 0) is 23.9 Å². The van der Waals surface area contributed by atoms with Crippen LogP contribution in [0.25, 0.3) is 0 Å². The molecule has 1 aliphatic rings. The number of hydrogen-bond acceptors (Lipinski definition) is 4. The lowest BCUT2D eigenvalue weighted by Gasteiger charge is -2.38. The first-order valence-electron chi connectivity index (χ1n) is 5.12. The van der Waals surface area contributed by atoms with E-state index in [0.717, 1.165) is 10.6 Å². The summed E-state index contributed by atoms with van der Waals surface area (Å²) in [6.45, 7) is 1.80. The molecule has 2 heterocycles. The molecule has 1 fully saturated rings. The predicted molar refractivity (Wildman–Crippen MR) is 63.4 cm³/mol. The van der Waals surface area contributed by atoms with Crippen LogP contribution >= 0.6 is 11.3 Å². The van der Waals surface area contributed by atoms with Crippen LogP contribution in [0, 0.1) is 12.3 Å². The highest BCUT2D eigenvalue weighted by molar-refractivity contribution is 7.14. The van der Waals surface area contributed by atoms with E-state index in [-0.39, 0.29) is 13.2 Å². The molecular weight excluding hydrogens is 242 g/mol. The number of carbonyl (C=O) groups excluding carboxylic acids is 1. The van der Waals surface area contributed by atoms with Gasteiger partial charge in [-0.15, -0.1) is 11.3 Å². The Balaban J connectivity index is 2.26. The molecule has 0 saturated carbocycles. The molecule has 1 aromatic heterocycles. The summed E-state index contributed by atoms with van der Waals surface area (Å²) in [5.41, 5.74) is -0.433. The summed E-state index contributed by atoms with van der Waals surface area (Å²) in [6, 6.07) is 1.90. The Bertz CT molecular complexity index is 464. The van der Waals surface area contributed by atoms with Crippen molar-refractivity contribution in [2.45, 2.75) is 6.92 Å². The van der Waals surface area contributed by atoms with E-state index in [1.165, 1.54) is 16.2 Å². The van der Waals surface area contributed by atoms with E-state index in [1.54, 1.807) is 7.05 Å². The van der Waals surface area contributed by atoms with E-state index >= 15 is 0 Å². The van der Waals surface area contributed by atoms with Gasteiger partial charge in [-0.25, -0.2) is 0 Å². The zero-order valence-electron chi connectivity index (χ0n) is 9.60. The molecule has 0 aliphatic carbocycles. The van der Waals surface area contributed by atoms with Crippen molar-refractivity contribution >= 4 is 28.2 Å². The first-order chi connectivity index (χ1) is 7.99. The molecule has 0 aromatic carbocycles. The molecule has 0 unspecified atom stereocenters. The van der Waals surface area contributed by atoms with Gasteiger partial charge in [0.25, 0.3) is 0 Å². The topological polar surface area (TPSA) is 66.8 Å². The number of carboxylic acids is 1. The lowest BCUT2D eigenvalue weighted by atomic mass is 9.84. The number of nitrogens with zero attached hydrogens (tertiary/aromatic N) is 1. The Morgan fingerprint density at radius 3 is 2.53 bits per heavy atom. The van der Waals surface area contributed by atoms with Gasteiger partial charge in [0.1, 0.15) is 5.00 Å². The van der Waals surface area contributed by atoms with Crippen LogP contribution in [0.1, 0.15) is 5.56 Å². The number of carbonyl (C=O) groups is 2. The number of carboxylic acid groups (broad SMARTS) is 1. The summed E-state index contributed by atoms with van der Waals surface area (Å²) in [6.07, 6.45) is 0. The number of amides is 1.